The van der Waals surface area contributed by atoms with Crippen molar-refractivity contribution in [3.63, 3.8) is 0 Å². The zero-order chi connectivity index (χ0) is 20.9. The van der Waals surface area contributed by atoms with Gasteiger partial charge in [0.1, 0.15) is 0 Å². The van der Waals surface area contributed by atoms with E-state index < -0.39 is 9.84 Å². The quantitative estimate of drug-likeness (QED) is 0.676. The van der Waals surface area contributed by atoms with Gasteiger partial charge < -0.3 is 9.67 Å². The van der Waals surface area contributed by atoms with Crippen molar-refractivity contribution < 1.29 is 13.5 Å². The van der Waals surface area contributed by atoms with E-state index in [1.54, 1.807) is 13.1 Å². The first-order valence-electron chi connectivity index (χ1n) is 10.7. The number of likely N-dealkylation sites (tertiary alicyclic amines) is 1. The molecule has 7 heteroatoms. The molecule has 160 valence electrons. The average molecular weight is 420 g/mol. The second kappa shape index (κ2) is 9.87. The van der Waals surface area contributed by atoms with Crippen molar-refractivity contribution >= 4 is 9.84 Å². The molecule has 0 aliphatic carbocycles. The molecule has 3 rings (SSSR count). The number of aryl methyl sites for hydroxylation is 1. The minimum atomic E-state index is -3.38. The molecule has 0 amide bonds. The summed E-state index contributed by atoms with van der Waals surface area (Å²) in [6, 6.07) is 10.1. The number of aliphatic hydroxyl groups excluding tert-OH is 1. The summed E-state index contributed by atoms with van der Waals surface area (Å²) >= 11 is 0. The molecule has 6 nitrogen and oxygen atoms in total. The summed E-state index contributed by atoms with van der Waals surface area (Å²) in [5, 5.41) is 10.3. The Kier molecular flexibility index (Phi) is 7.49. The number of aromatic nitrogens is 2. The summed E-state index contributed by atoms with van der Waals surface area (Å²) < 4.78 is 27.0. The van der Waals surface area contributed by atoms with Crippen molar-refractivity contribution in [2.24, 2.45) is 5.92 Å². The fourth-order valence-electron chi connectivity index (χ4n) is 4.08. The largest absolute Gasteiger partial charge is 0.393 e. The third kappa shape index (κ3) is 5.47. The molecule has 0 spiro atoms. The number of piperidine rings is 1. The minimum absolute atomic E-state index is 0.0507. The van der Waals surface area contributed by atoms with Crippen LogP contribution in [0.5, 0.6) is 0 Å². The molecule has 29 heavy (non-hydrogen) atoms. The summed E-state index contributed by atoms with van der Waals surface area (Å²) in [6.07, 6.45) is 5.03. The highest BCUT2D eigenvalue weighted by atomic mass is 32.2. The van der Waals surface area contributed by atoms with Gasteiger partial charge in [-0.05, 0) is 50.3 Å². The van der Waals surface area contributed by atoms with Gasteiger partial charge in [-0.15, -0.1) is 0 Å². The number of rotatable bonds is 9. The third-order valence-corrected chi connectivity index (χ3v) is 7.65. The standard InChI is InChI=1S/C22H33N3O3S/c1-3-21(26)19-11-13-24(14-12-19)17-20-16-23-22(29(27,28)4-2)25(20)15-10-18-8-6-5-7-9-18/h5-9,16,19,21,26H,3-4,10-15,17H2,1-2H3. The highest BCUT2D eigenvalue weighted by molar-refractivity contribution is 7.91. The summed E-state index contributed by atoms with van der Waals surface area (Å²) in [7, 11) is -3.38. The van der Waals surface area contributed by atoms with E-state index in [4.69, 9.17) is 0 Å². The normalized spacial score (nSPS) is 17.5. The predicted octanol–water partition coefficient (Wildman–Crippen LogP) is 2.90. The first kappa shape index (κ1) is 22.0. The summed E-state index contributed by atoms with van der Waals surface area (Å²) in [6.45, 7) is 6.81. The Balaban J connectivity index is 1.74. The van der Waals surface area contributed by atoms with Gasteiger partial charge in [0, 0.05) is 13.1 Å². The van der Waals surface area contributed by atoms with Crippen molar-refractivity contribution in [1.29, 1.82) is 0 Å². The molecule has 0 saturated carbocycles. The Morgan fingerprint density at radius 1 is 1.17 bits per heavy atom. The van der Waals surface area contributed by atoms with E-state index in [9.17, 15) is 13.5 Å². The molecule has 1 fully saturated rings. The van der Waals surface area contributed by atoms with E-state index in [0.29, 0.717) is 19.0 Å². The second-order valence-corrected chi connectivity index (χ2v) is 10.1. The van der Waals surface area contributed by atoms with Gasteiger partial charge in [-0.25, -0.2) is 13.4 Å². The topological polar surface area (TPSA) is 75.4 Å². The van der Waals surface area contributed by atoms with Gasteiger partial charge in [-0.2, -0.15) is 0 Å². The monoisotopic (exact) mass is 419 g/mol. The average Bonchev–Trinajstić information content (AvgIpc) is 3.16. The van der Waals surface area contributed by atoms with E-state index in [0.717, 1.165) is 44.5 Å². The molecule has 1 saturated heterocycles. The van der Waals surface area contributed by atoms with Crippen LogP contribution in [-0.2, 0) is 29.3 Å². The molecule has 1 aliphatic rings. The summed E-state index contributed by atoms with van der Waals surface area (Å²) in [5.41, 5.74) is 2.13. The van der Waals surface area contributed by atoms with Crippen molar-refractivity contribution in [2.45, 2.75) is 63.9 Å². The molecule has 1 unspecified atom stereocenters. The maximum Gasteiger partial charge on any atom is 0.227 e. The Morgan fingerprint density at radius 3 is 2.48 bits per heavy atom. The lowest BCUT2D eigenvalue weighted by Crippen LogP contribution is -2.37. The number of sulfone groups is 1. The first-order valence-corrected chi connectivity index (χ1v) is 12.3. The number of nitrogens with zero attached hydrogens (tertiary/aromatic N) is 3. The van der Waals surface area contributed by atoms with Gasteiger partial charge in [-0.3, -0.25) is 4.90 Å². The molecular formula is C22H33N3O3S. The van der Waals surface area contributed by atoms with Gasteiger partial charge in [0.05, 0.1) is 23.7 Å². The van der Waals surface area contributed by atoms with Crippen LogP contribution in [0.2, 0.25) is 0 Å². The van der Waals surface area contributed by atoms with E-state index in [1.165, 1.54) is 5.56 Å². The van der Waals surface area contributed by atoms with Crippen LogP contribution in [0.15, 0.2) is 41.7 Å². The Bertz CT molecular complexity index is 872. The summed E-state index contributed by atoms with van der Waals surface area (Å²) in [4.78, 5) is 6.65. The van der Waals surface area contributed by atoms with Crippen LogP contribution in [-0.4, -0.2) is 52.9 Å². The number of aliphatic hydroxyl groups is 1. The lowest BCUT2D eigenvalue weighted by atomic mass is 9.90. The molecular weight excluding hydrogens is 386 g/mol. The maximum atomic E-state index is 12.6. The minimum Gasteiger partial charge on any atom is -0.393 e. The highest BCUT2D eigenvalue weighted by Gasteiger charge is 2.26. The van der Waals surface area contributed by atoms with Crippen LogP contribution >= 0.6 is 0 Å². The fraction of sp³-hybridized carbons (Fsp3) is 0.591. The predicted molar refractivity (Wildman–Crippen MR) is 114 cm³/mol. The lowest BCUT2D eigenvalue weighted by Gasteiger charge is -2.34. The molecule has 1 aromatic carbocycles. The Hall–Kier alpha value is -1.70. The van der Waals surface area contributed by atoms with Gasteiger partial charge >= 0.3 is 0 Å². The van der Waals surface area contributed by atoms with Crippen LogP contribution < -0.4 is 0 Å². The molecule has 0 radical (unpaired) electrons. The van der Waals surface area contributed by atoms with E-state index in [2.05, 4.69) is 22.0 Å². The highest BCUT2D eigenvalue weighted by Crippen LogP contribution is 2.24. The van der Waals surface area contributed by atoms with Gasteiger partial charge in [0.15, 0.2) is 0 Å². The van der Waals surface area contributed by atoms with E-state index >= 15 is 0 Å². The SMILES string of the molecule is CCC(O)C1CCN(Cc2cnc(S(=O)(=O)CC)n2CCc2ccccc2)CC1. The van der Waals surface area contributed by atoms with E-state index in [-0.39, 0.29) is 17.0 Å². The second-order valence-electron chi connectivity index (χ2n) is 7.91. The molecule has 1 N–H and O–H groups in total. The lowest BCUT2D eigenvalue weighted by molar-refractivity contribution is 0.0543. The van der Waals surface area contributed by atoms with Crippen molar-refractivity contribution in [3.05, 3.63) is 47.8 Å². The zero-order valence-corrected chi connectivity index (χ0v) is 18.3. The third-order valence-electron chi connectivity index (χ3n) is 6.01. The molecule has 0 bridgehead atoms. The van der Waals surface area contributed by atoms with Crippen LogP contribution in [0.1, 0.15) is 44.4 Å². The summed E-state index contributed by atoms with van der Waals surface area (Å²) in [5.74, 6) is 0.421. The molecule has 2 aromatic rings. The molecule has 1 atom stereocenters. The number of hydrogen-bond acceptors (Lipinski definition) is 5. The Labute approximate surface area is 174 Å². The fourth-order valence-corrected chi connectivity index (χ4v) is 5.09. The van der Waals surface area contributed by atoms with Crippen molar-refractivity contribution in [2.75, 3.05) is 18.8 Å². The Morgan fingerprint density at radius 2 is 1.86 bits per heavy atom. The molecule has 2 heterocycles. The number of hydrogen-bond donors (Lipinski definition) is 1. The van der Waals surface area contributed by atoms with Crippen molar-refractivity contribution in [1.82, 2.24) is 14.5 Å². The van der Waals surface area contributed by atoms with Crippen LogP contribution in [0, 0.1) is 5.92 Å². The first-order chi connectivity index (χ1) is 13.9. The zero-order valence-electron chi connectivity index (χ0n) is 17.5. The number of imidazole rings is 1. The smallest absolute Gasteiger partial charge is 0.227 e. The molecule has 1 aromatic heterocycles. The van der Waals surface area contributed by atoms with Gasteiger partial charge in [-0.1, -0.05) is 44.2 Å². The van der Waals surface area contributed by atoms with E-state index in [1.807, 2.05) is 29.7 Å². The maximum absolute atomic E-state index is 12.6. The van der Waals surface area contributed by atoms with Crippen LogP contribution in [0.3, 0.4) is 0 Å². The number of benzene rings is 1. The van der Waals surface area contributed by atoms with Crippen molar-refractivity contribution in [3.8, 4) is 0 Å². The van der Waals surface area contributed by atoms with Gasteiger partial charge in [0.25, 0.3) is 0 Å². The van der Waals surface area contributed by atoms with Crippen LogP contribution in [0.25, 0.3) is 0 Å². The molecule has 1 aliphatic heterocycles. The van der Waals surface area contributed by atoms with Crippen LogP contribution in [0.4, 0.5) is 0 Å². The van der Waals surface area contributed by atoms with Gasteiger partial charge in [0.2, 0.25) is 15.0 Å².